The van der Waals surface area contributed by atoms with Gasteiger partial charge in [-0.1, -0.05) is 11.6 Å². The molecule has 258 valence electrons. The fraction of sp³-hybridized carbons (Fsp3) is 0.375. The smallest absolute Gasteiger partial charge is 0.424 e. The number of hydrogen-bond donors (Lipinski definition) is 3. The Morgan fingerprint density at radius 1 is 1.16 bits per heavy atom. The molecule has 2 atom stereocenters. The number of benzene rings is 2. The summed E-state index contributed by atoms with van der Waals surface area (Å²) in [5.74, 6) is -6.41. The van der Waals surface area contributed by atoms with Gasteiger partial charge in [-0.15, -0.1) is 0 Å². The number of carbonyl (C=O) groups is 2. The minimum Gasteiger partial charge on any atom is -0.489 e. The van der Waals surface area contributed by atoms with Gasteiger partial charge < -0.3 is 25.6 Å². The highest BCUT2D eigenvalue weighted by Crippen LogP contribution is 2.49. The van der Waals surface area contributed by atoms with E-state index in [0.29, 0.717) is 11.5 Å². The van der Waals surface area contributed by atoms with Crippen LogP contribution in [0, 0.1) is 11.6 Å². The van der Waals surface area contributed by atoms with Crippen molar-refractivity contribution in [3.8, 4) is 22.8 Å². The number of primary amides is 1. The Hall–Kier alpha value is -4.57. The average Bonchev–Trinajstić information content (AvgIpc) is 3.93. The van der Waals surface area contributed by atoms with Gasteiger partial charge in [-0.2, -0.15) is 18.3 Å². The van der Waals surface area contributed by atoms with Crippen molar-refractivity contribution in [2.75, 3.05) is 13.2 Å². The van der Waals surface area contributed by atoms with Crippen molar-refractivity contribution < 1.29 is 50.5 Å². The number of nitrogens with one attached hydrogen (secondary N) is 1. The van der Waals surface area contributed by atoms with Crippen LogP contribution in [0.25, 0.3) is 22.2 Å². The lowest BCUT2D eigenvalue weighted by Gasteiger charge is -2.31. The highest BCUT2D eigenvalue weighted by atomic mass is 35.5. The molecule has 2 aromatic heterocycles. The molecule has 49 heavy (non-hydrogen) atoms. The van der Waals surface area contributed by atoms with Crippen molar-refractivity contribution in [1.82, 2.24) is 20.1 Å². The van der Waals surface area contributed by atoms with Crippen molar-refractivity contribution in [1.29, 1.82) is 0 Å². The van der Waals surface area contributed by atoms with Gasteiger partial charge in [0.15, 0.2) is 0 Å². The number of hydrogen-bond acceptors (Lipinski definition) is 7. The molecule has 2 aromatic carbocycles. The van der Waals surface area contributed by atoms with E-state index >= 15 is 4.39 Å². The summed E-state index contributed by atoms with van der Waals surface area (Å²) in [4.78, 5) is 29.8. The number of carbonyl (C=O) groups excluding carboxylic acids is 2. The van der Waals surface area contributed by atoms with Crippen LogP contribution in [0.3, 0.4) is 0 Å². The summed E-state index contributed by atoms with van der Waals surface area (Å²) in [5.41, 5.74) is -2.67. The molecule has 1 unspecified atom stereocenters. The minimum absolute atomic E-state index is 0.134. The van der Waals surface area contributed by atoms with Crippen LogP contribution in [0.2, 0.25) is 5.02 Å². The van der Waals surface area contributed by atoms with Crippen molar-refractivity contribution in [2.24, 2.45) is 5.73 Å². The SMILES string of the molecule is C[C@]1(C(N)=O)COc2c1cc(C(O)(CNC(=O)c1cc(OC3CC3)c3nn(C4(F)CC4)cc3c1)C(F)(F)F)nc2-c1cc(Cl)c(F)cc1F. The number of alkyl halides is 4. The van der Waals surface area contributed by atoms with Crippen LogP contribution in [0.4, 0.5) is 26.3 Å². The number of nitrogens with zero attached hydrogens (tertiary/aromatic N) is 3. The van der Waals surface area contributed by atoms with E-state index < -0.39 is 81.6 Å². The molecule has 4 aromatic rings. The number of fused-ring (bicyclic) bond motifs is 2. The third kappa shape index (κ3) is 5.50. The van der Waals surface area contributed by atoms with Gasteiger partial charge >= 0.3 is 6.18 Å². The minimum atomic E-state index is -5.52. The molecule has 0 spiro atoms. The van der Waals surface area contributed by atoms with E-state index in [1.54, 1.807) is 0 Å². The molecule has 10 nitrogen and oxygen atoms in total. The standard InChI is InChI=1S/C32H26ClF6N5O5/c1-29(28(40)46)13-48-26-18(29)9-23(42-25(26)17-8-19(33)21(35)10-20(17)34)31(47,32(37,38)39)12-41-27(45)14-6-15-11-44(30(36)4-5-30)43-24(15)22(7-14)49-16-2-3-16/h6-11,16,47H,2-5,12-13H2,1H3,(H2,40,46)(H,41,45)/t29-,31?/m0/s1. The Kier molecular flexibility index (Phi) is 7.38. The molecule has 2 amide bonds. The fourth-order valence-corrected chi connectivity index (χ4v) is 5.72. The average molecular weight is 710 g/mol. The maximum atomic E-state index is 15.1. The first-order chi connectivity index (χ1) is 22.9. The quantitative estimate of drug-likeness (QED) is 0.158. The third-order valence-corrected chi connectivity index (χ3v) is 9.30. The van der Waals surface area contributed by atoms with Gasteiger partial charge in [-0.25, -0.2) is 22.8 Å². The predicted octanol–water partition coefficient (Wildman–Crippen LogP) is 5.30. The Balaban J connectivity index is 1.29. The van der Waals surface area contributed by atoms with E-state index in [0.717, 1.165) is 29.7 Å². The molecule has 0 radical (unpaired) electrons. The van der Waals surface area contributed by atoms with Crippen molar-refractivity contribution in [2.45, 2.75) is 61.7 Å². The monoisotopic (exact) mass is 709 g/mol. The van der Waals surface area contributed by atoms with Crippen LogP contribution >= 0.6 is 11.6 Å². The summed E-state index contributed by atoms with van der Waals surface area (Å²) in [6.07, 6.45) is -2.37. The number of pyridine rings is 1. The lowest BCUT2D eigenvalue weighted by atomic mass is 9.81. The lowest BCUT2D eigenvalue weighted by Crippen LogP contribution is -2.51. The Morgan fingerprint density at radius 3 is 2.51 bits per heavy atom. The summed E-state index contributed by atoms with van der Waals surface area (Å²) >= 11 is 5.85. The second-order valence-corrected chi connectivity index (χ2v) is 13.1. The van der Waals surface area contributed by atoms with Crippen LogP contribution in [-0.2, 0) is 21.6 Å². The van der Waals surface area contributed by atoms with Gasteiger partial charge in [0.25, 0.3) is 5.91 Å². The Morgan fingerprint density at radius 2 is 1.88 bits per heavy atom. The predicted molar refractivity (Wildman–Crippen MR) is 161 cm³/mol. The fourth-order valence-electron chi connectivity index (χ4n) is 5.56. The van der Waals surface area contributed by atoms with E-state index in [-0.39, 0.29) is 47.1 Å². The second kappa shape index (κ2) is 11.0. The molecule has 2 fully saturated rings. The highest BCUT2D eigenvalue weighted by Gasteiger charge is 2.58. The number of ether oxygens (including phenoxy) is 2. The number of aromatic nitrogens is 3. The number of nitrogens with two attached hydrogens (primary N) is 1. The zero-order valence-electron chi connectivity index (χ0n) is 25.4. The van der Waals surface area contributed by atoms with Crippen LogP contribution in [-0.4, -0.2) is 57.1 Å². The van der Waals surface area contributed by atoms with E-state index in [2.05, 4.69) is 15.4 Å². The Bertz CT molecular complexity index is 2070. The maximum Gasteiger partial charge on any atom is 0.424 e. The summed E-state index contributed by atoms with van der Waals surface area (Å²) in [6, 6.07) is 4.46. The van der Waals surface area contributed by atoms with Gasteiger partial charge in [0.1, 0.15) is 46.4 Å². The van der Waals surface area contributed by atoms with Crippen molar-refractivity contribution in [3.05, 3.63) is 70.0 Å². The first kappa shape index (κ1) is 33.0. The second-order valence-electron chi connectivity index (χ2n) is 12.7. The maximum absolute atomic E-state index is 15.1. The molecule has 7 rings (SSSR count). The number of amides is 2. The first-order valence-electron chi connectivity index (χ1n) is 15.0. The molecule has 0 bridgehead atoms. The van der Waals surface area contributed by atoms with E-state index in [1.165, 1.54) is 25.3 Å². The third-order valence-electron chi connectivity index (χ3n) is 9.01. The molecule has 4 N–H and O–H groups in total. The van der Waals surface area contributed by atoms with Crippen molar-refractivity contribution >= 4 is 34.3 Å². The zero-order chi connectivity index (χ0) is 35.3. The first-order valence-corrected chi connectivity index (χ1v) is 15.4. The largest absolute Gasteiger partial charge is 0.489 e. The molecule has 3 aliphatic rings. The molecule has 2 saturated carbocycles. The van der Waals surface area contributed by atoms with Gasteiger partial charge in [-0.3, -0.25) is 9.59 Å². The summed E-state index contributed by atoms with van der Waals surface area (Å²) in [5, 5.41) is 17.4. The van der Waals surface area contributed by atoms with E-state index in [4.69, 9.17) is 26.8 Å². The molecule has 2 aliphatic carbocycles. The number of halogens is 7. The van der Waals surface area contributed by atoms with E-state index in [1.807, 2.05) is 0 Å². The van der Waals surface area contributed by atoms with Gasteiger partial charge in [0, 0.05) is 47.2 Å². The normalized spacial score (nSPS) is 20.8. The van der Waals surface area contributed by atoms with Crippen LogP contribution < -0.4 is 20.5 Å². The molecule has 0 saturated heterocycles. The Labute approximate surface area is 278 Å². The molecular formula is C32H26ClF6N5O5. The van der Waals surface area contributed by atoms with E-state index in [9.17, 15) is 36.6 Å². The molecule has 17 heteroatoms. The summed E-state index contributed by atoms with van der Waals surface area (Å²) < 4.78 is 101. The van der Waals surface area contributed by atoms with Crippen molar-refractivity contribution in [3.63, 3.8) is 0 Å². The van der Waals surface area contributed by atoms with Gasteiger partial charge in [-0.05, 0) is 44.0 Å². The lowest BCUT2D eigenvalue weighted by molar-refractivity contribution is -0.265. The molecule has 1 aliphatic heterocycles. The number of aliphatic hydroxyl groups is 1. The van der Waals surface area contributed by atoms with Crippen LogP contribution in [0.5, 0.6) is 11.5 Å². The summed E-state index contributed by atoms with van der Waals surface area (Å²) in [7, 11) is 0. The zero-order valence-corrected chi connectivity index (χ0v) is 26.2. The number of rotatable bonds is 9. The van der Waals surface area contributed by atoms with Gasteiger partial charge in [0.05, 0.1) is 23.4 Å². The molecular weight excluding hydrogens is 684 g/mol. The topological polar surface area (TPSA) is 142 Å². The van der Waals surface area contributed by atoms with Crippen LogP contribution in [0.1, 0.15) is 54.2 Å². The van der Waals surface area contributed by atoms with Gasteiger partial charge in [0.2, 0.25) is 17.3 Å². The molecule has 3 heterocycles. The van der Waals surface area contributed by atoms with Crippen LogP contribution in [0.15, 0.2) is 36.5 Å². The summed E-state index contributed by atoms with van der Waals surface area (Å²) in [6.45, 7) is -0.711. The highest BCUT2D eigenvalue weighted by molar-refractivity contribution is 6.31.